The molecule has 0 spiro atoms. The summed E-state index contributed by atoms with van der Waals surface area (Å²) in [6.07, 6.45) is -3.81. The second kappa shape index (κ2) is 7.10. The minimum Gasteiger partial charge on any atom is -0.339 e. The Kier molecular flexibility index (Phi) is 4.89. The summed E-state index contributed by atoms with van der Waals surface area (Å²) in [7, 11) is 0. The van der Waals surface area contributed by atoms with Crippen LogP contribution in [0.5, 0.6) is 0 Å². The fourth-order valence-electron chi connectivity index (χ4n) is 2.09. The number of anilines is 4. The van der Waals surface area contributed by atoms with Gasteiger partial charge in [-0.05, 0) is 40.2 Å². The van der Waals surface area contributed by atoms with Crippen LogP contribution in [0.3, 0.4) is 0 Å². The summed E-state index contributed by atoms with van der Waals surface area (Å²) < 4.78 is 40.4. The lowest BCUT2D eigenvalue weighted by Crippen LogP contribution is -2.12. The lowest BCUT2D eigenvalue weighted by Gasteiger charge is -2.15. The van der Waals surface area contributed by atoms with Crippen LogP contribution in [0, 0.1) is 0 Å². The summed E-state index contributed by atoms with van der Waals surface area (Å²) >= 11 is 3.30. The molecule has 0 aliphatic carbocycles. The molecular weight excluding hydrogens is 397 g/mol. The van der Waals surface area contributed by atoms with Gasteiger partial charge in [-0.1, -0.05) is 30.3 Å². The van der Waals surface area contributed by atoms with E-state index in [4.69, 9.17) is 0 Å². The van der Waals surface area contributed by atoms with Crippen LogP contribution >= 0.6 is 15.9 Å². The number of hydrogen-bond acceptors (Lipinski definition) is 4. The fraction of sp³-hybridized carbons (Fsp3) is 0.0588. The molecule has 0 saturated carbocycles. The van der Waals surface area contributed by atoms with Gasteiger partial charge in [-0.3, -0.25) is 0 Å². The average molecular weight is 409 g/mol. The molecule has 8 heteroatoms. The molecule has 0 saturated heterocycles. The zero-order valence-corrected chi connectivity index (χ0v) is 14.3. The predicted molar refractivity (Wildman–Crippen MR) is 94.2 cm³/mol. The third kappa shape index (κ3) is 4.27. The van der Waals surface area contributed by atoms with Crippen molar-refractivity contribution in [1.29, 1.82) is 0 Å². The van der Waals surface area contributed by atoms with Crippen molar-refractivity contribution in [3.8, 4) is 0 Å². The van der Waals surface area contributed by atoms with Gasteiger partial charge in [0.25, 0.3) is 0 Å². The minimum absolute atomic E-state index is 0.0637. The molecule has 0 aliphatic heterocycles. The van der Waals surface area contributed by atoms with E-state index < -0.39 is 11.7 Å². The Morgan fingerprint density at radius 3 is 2.24 bits per heavy atom. The van der Waals surface area contributed by atoms with Crippen molar-refractivity contribution >= 4 is 39.1 Å². The second-order valence-corrected chi connectivity index (χ2v) is 5.90. The minimum atomic E-state index is -4.57. The standard InChI is InChI=1S/C17H12BrF3N4/c18-13-8-4-5-9-14(13)24-15-12(17(19,20)21)10-22-16(25-15)23-11-6-2-1-3-7-11/h1-10H,(H2,22,23,24,25). The van der Waals surface area contributed by atoms with Crippen molar-refractivity contribution in [2.45, 2.75) is 6.18 Å². The van der Waals surface area contributed by atoms with E-state index in [9.17, 15) is 13.2 Å². The third-order valence-corrected chi connectivity index (χ3v) is 3.94. The zero-order valence-electron chi connectivity index (χ0n) is 12.7. The third-order valence-electron chi connectivity index (χ3n) is 3.25. The predicted octanol–water partition coefficient (Wildman–Crippen LogP) is 5.75. The van der Waals surface area contributed by atoms with E-state index in [0.717, 1.165) is 6.20 Å². The maximum atomic E-state index is 13.3. The molecule has 0 unspecified atom stereocenters. The highest BCUT2D eigenvalue weighted by molar-refractivity contribution is 9.10. The Morgan fingerprint density at radius 2 is 1.56 bits per heavy atom. The summed E-state index contributed by atoms with van der Waals surface area (Å²) in [5.74, 6) is -0.262. The van der Waals surface area contributed by atoms with Crippen LogP contribution in [0.1, 0.15) is 5.56 Å². The monoisotopic (exact) mass is 408 g/mol. The van der Waals surface area contributed by atoms with E-state index >= 15 is 0 Å². The topological polar surface area (TPSA) is 49.8 Å². The number of nitrogens with zero attached hydrogens (tertiary/aromatic N) is 2. The molecule has 1 heterocycles. The van der Waals surface area contributed by atoms with E-state index in [0.29, 0.717) is 15.8 Å². The van der Waals surface area contributed by atoms with Gasteiger partial charge in [-0.25, -0.2) is 4.98 Å². The molecule has 0 fully saturated rings. The molecule has 3 aromatic rings. The number of alkyl halides is 3. The average Bonchev–Trinajstić information content (AvgIpc) is 2.57. The smallest absolute Gasteiger partial charge is 0.339 e. The van der Waals surface area contributed by atoms with Crippen molar-refractivity contribution < 1.29 is 13.2 Å². The summed E-state index contributed by atoms with van der Waals surface area (Å²) in [5.41, 5.74) is 0.202. The first-order valence-electron chi connectivity index (χ1n) is 7.21. The number of nitrogens with one attached hydrogen (secondary N) is 2. The number of benzene rings is 2. The van der Waals surface area contributed by atoms with E-state index in [1.54, 1.807) is 48.5 Å². The van der Waals surface area contributed by atoms with Crippen molar-refractivity contribution in [2.24, 2.45) is 0 Å². The second-order valence-electron chi connectivity index (χ2n) is 5.05. The Balaban J connectivity index is 1.97. The Labute approximate surface area is 150 Å². The molecule has 4 nitrogen and oxygen atoms in total. The molecular formula is C17H12BrF3N4. The van der Waals surface area contributed by atoms with Gasteiger partial charge in [0.05, 0.1) is 5.69 Å². The molecule has 2 aromatic carbocycles. The van der Waals surface area contributed by atoms with Gasteiger partial charge in [0.15, 0.2) is 0 Å². The van der Waals surface area contributed by atoms with Crippen LogP contribution in [0.15, 0.2) is 65.3 Å². The van der Waals surface area contributed by atoms with Crippen LogP contribution in [0.2, 0.25) is 0 Å². The molecule has 0 amide bonds. The lowest BCUT2D eigenvalue weighted by atomic mass is 10.2. The first-order valence-corrected chi connectivity index (χ1v) is 8.00. The molecule has 25 heavy (non-hydrogen) atoms. The first-order chi connectivity index (χ1) is 11.9. The van der Waals surface area contributed by atoms with Gasteiger partial charge in [-0.2, -0.15) is 18.2 Å². The Morgan fingerprint density at radius 1 is 0.880 bits per heavy atom. The van der Waals surface area contributed by atoms with Gasteiger partial charge >= 0.3 is 6.18 Å². The molecule has 3 rings (SSSR count). The van der Waals surface area contributed by atoms with Gasteiger partial charge in [0, 0.05) is 16.4 Å². The molecule has 2 N–H and O–H groups in total. The van der Waals surface area contributed by atoms with E-state index in [1.165, 1.54) is 0 Å². The molecule has 128 valence electrons. The molecule has 1 aromatic heterocycles. The van der Waals surface area contributed by atoms with Gasteiger partial charge < -0.3 is 10.6 Å². The Bertz CT molecular complexity index is 869. The fourth-order valence-corrected chi connectivity index (χ4v) is 2.47. The highest BCUT2D eigenvalue weighted by Gasteiger charge is 2.35. The molecule has 0 bridgehead atoms. The van der Waals surface area contributed by atoms with E-state index in [-0.39, 0.29) is 11.8 Å². The molecule has 0 aliphatic rings. The summed E-state index contributed by atoms with van der Waals surface area (Å²) in [5, 5.41) is 5.60. The normalized spacial score (nSPS) is 11.2. The highest BCUT2D eigenvalue weighted by Crippen LogP contribution is 2.36. The number of para-hydroxylation sites is 2. The number of hydrogen-bond donors (Lipinski definition) is 2. The number of halogens is 4. The summed E-state index contributed by atoms with van der Waals surface area (Å²) in [6, 6.07) is 15.8. The zero-order chi connectivity index (χ0) is 17.9. The van der Waals surface area contributed by atoms with E-state index in [2.05, 4.69) is 36.5 Å². The largest absolute Gasteiger partial charge is 0.421 e. The van der Waals surface area contributed by atoms with E-state index in [1.807, 2.05) is 6.07 Å². The maximum Gasteiger partial charge on any atom is 0.421 e. The van der Waals surface area contributed by atoms with Crippen LogP contribution in [0.25, 0.3) is 0 Å². The van der Waals surface area contributed by atoms with Crippen LogP contribution in [-0.4, -0.2) is 9.97 Å². The first kappa shape index (κ1) is 17.2. The molecule has 0 atom stereocenters. The SMILES string of the molecule is FC(F)(F)c1cnc(Nc2ccccc2)nc1Nc1ccccc1Br. The summed E-state index contributed by atoms with van der Waals surface area (Å²) in [6.45, 7) is 0. The quantitative estimate of drug-likeness (QED) is 0.577. The van der Waals surface area contributed by atoms with Crippen LogP contribution in [0.4, 0.5) is 36.3 Å². The van der Waals surface area contributed by atoms with Crippen LogP contribution < -0.4 is 10.6 Å². The molecule has 0 radical (unpaired) electrons. The van der Waals surface area contributed by atoms with Crippen LogP contribution in [-0.2, 0) is 6.18 Å². The van der Waals surface area contributed by atoms with Gasteiger partial charge in [0.1, 0.15) is 11.4 Å². The Hall–Kier alpha value is -2.61. The summed E-state index contributed by atoms with van der Waals surface area (Å²) in [4.78, 5) is 7.77. The van der Waals surface area contributed by atoms with Gasteiger partial charge in [0.2, 0.25) is 5.95 Å². The number of aromatic nitrogens is 2. The van der Waals surface area contributed by atoms with Crippen molar-refractivity contribution in [3.05, 3.63) is 70.8 Å². The van der Waals surface area contributed by atoms with Crippen molar-refractivity contribution in [1.82, 2.24) is 9.97 Å². The number of rotatable bonds is 4. The highest BCUT2D eigenvalue weighted by atomic mass is 79.9. The van der Waals surface area contributed by atoms with Crippen molar-refractivity contribution in [3.63, 3.8) is 0 Å². The maximum absolute atomic E-state index is 13.3. The van der Waals surface area contributed by atoms with Gasteiger partial charge in [-0.15, -0.1) is 0 Å². The lowest BCUT2D eigenvalue weighted by molar-refractivity contribution is -0.137. The van der Waals surface area contributed by atoms with Crippen molar-refractivity contribution in [2.75, 3.05) is 10.6 Å².